The number of nitriles is 1. The second-order valence-corrected chi connectivity index (χ2v) is 2.33. The van der Waals surface area contributed by atoms with Crippen LogP contribution in [0.4, 0.5) is 0 Å². The summed E-state index contributed by atoms with van der Waals surface area (Å²) in [4.78, 5) is 7.30. The first-order valence-corrected chi connectivity index (χ1v) is 3.31. The van der Waals surface area contributed by atoms with Crippen LogP contribution in [0.25, 0.3) is 0 Å². The van der Waals surface area contributed by atoms with E-state index in [0.717, 1.165) is 0 Å². The first-order chi connectivity index (χ1) is 5.20. The summed E-state index contributed by atoms with van der Waals surface area (Å²) in [6.45, 7) is 1.68. The maximum absolute atomic E-state index is 8.46. The van der Waals surface area contributed by atoms with Gasteiger partial charge in [-0.1, -0.05) is 11.6 Å². The molecule has 0 N–H and O–H groups in total. The van der Waals surface area contributed by atoms with Crippen LogP contribution in [-0.4, -0.2) is 19.1 Å². The molecule has 0 spiro atoms. The van der Waals surface area contributed by atoms with Crippen LogP contribution in [-0.2, 0) is 0 Å². The van der Waals surface area contributed by atoms with Gasteiger partial charge in [0, 0.05) is 12.1 Å². The van der Waals surface area contributed by atoms with Crippen molar-refractivity contribution in [3.63, 3.8) is 0 Å². The van der Waals surface area contributed by atoms with Crippen molar-refractivity contribution in [2.75, 3.05) is 7.05 Å². The lowest BCUT2D eigenvalue weighted by atomic mass is 10.4. The zero-order valence-corrected chi connectivity index (χ0v) is 7.13. The van der Waals surface area contributed by atoms with Crippen LogP contribution in [0.3, 0.4) is 0 Å². The van der Waals surface area contributed by atoms with E-state index in [1.54, 1.807) is 14.0 Å². The zero-order valence-electron chi connectivity index (χ0n) is 6.37. The third-order valence-corrected chi connectivity index (χ3v) is 0.872. The normalized spacial score (nSPS) is 13.6. The summed E-state index contributed by atoms with van der Waals surface area (Å²) < 4.78 is 0. The zero-order chi connectivity index (χ0) is 8.69. The molecule has 0 unspecified atom stereocenters. The Morgan fingerprint density at radius 2 is 2.27 bits per heavy atom. The summed E-state index contributed by atoms with van der Waals surface area (Å²) in [6.07, 6.45) is 2.78. The Labute approximate surface area is 70.7 Å². The van der Waals surface area contributed by atoms with Gasteiger partial charge < -0.3 is 0 Å². The molecule has 0 radical (unpaired) electrons. The van der Waals surface area contributed by atoms with Gasteiger partial charge in [-0.2, -0.15) is 5.26 Å². The first-order valence-electron chi connectivity index (χ1n) is 2.93. The fraction of sp³-hybridized carbons (Fsp3) is 0.286. The largest absolute Gasteiger partial charge is 0.277 e. The van der Waals surface area contributed by atoms with Gasteiger partial charge >= 0.3 is 0 Å². The third kappa shape index (κ3) is 5.31. The molecular formula is C7H8ClN3. The maximum Gasteiger partial charge on any atom is 0.143 e. The highest BCUT2D eigenvalue weighted by Gasteiger charge is 1.89. The van der Waals surface area contributed by atoms with Gasteiger partial charge in [-0.25, -0.2) is 4.99 Å². The quantitative estimate of drug-likeness (QED) is 0.459. The first kappa shape index (κ1) is 9.86. The smallest absolute Gasteiger partial charge is 0.143 e. The SMILES string of the molecule is CN=CN=C(C#N)/C=C(\C)Cl. The highest BCUT2D eigenvalue weighted by Crippen LogP contribution is 1.97. The average Bonchev–Trinajstić information content (AvgIpc) is 1.97. The average molecular weight is 170 g/mol. The summed E-state index contributed by atoms with van der Waals surface area (Å²) in [5, 5.41) is 8.98. The Morgan fingerprint density at radius 1 is 1.64 bits per heavy atom. The number of allylic oxidation sites excluding steroid dienone is 2. The molecule has 0 aliphatic carbocycles. The lowest BCUT2D eigenvalue weighted by molar-refractivity contribution is 1.44. The van der Waals surface area contributed by atoms with Crippen LogP contribution < -0.4 is 0 Å². The van der Waals surface area contributed by atoms with Crippen molar-refractivity contribution in [2.24, 2.45) is 9.98 Å². The van der Waals surface area contributed by atoms with E-state index in [1.165, 1.54) is 12.4 Å². The Morgan fingerprint density at radius 3 is 2.64 bits per heavy atom. The predicted molar refractivity (Wildman–Crippen MR) is 47.1 cm³/mol. The molecule has 3 nitrogen and oxygen atoms in total. The molecule has 0 bridgehead atoms. The van der Waals surface area contributed by atoms with E-state index < -0.39 is 0 Å². The minimum atomic E-state index is 0.253. The number of nitrogens with zero attached hydrogens (tertiary/aromatic N) is 3. The second kappa shape index (κ2) is 5.63. The molecule has 58 valence electrons. The molecular weight excluding hydrogens is 162 g/mol. The van der Waals surface area contributed by atoms with E-state index in [-0.39, 0.29) is 5.71 Å². The standard InChI is InChI=1S/C7H8ClN3/c1-6(8)3-7(4-9)11-5-10-2/h3,5H,1-2H3/b6-3+,10-5?,11-7?. The van der Waals surface area contributed by atoms with Crippen molar-refractivity contribution in [1.29, 1.82) is 5.26 Å². The second-order valence-electron chi connectivity index (χ2n) is 1.73. The van der Waals surface area contributed by atoms with Crippen molar-refractivity contribution < 1.29 is 0 Å². The number of rotatable bonds is 2. The fourth-order valence-electron chi connectivity index (χ4n) is 0.407. The van der Waals surface area contributed by atoms with E-state index >= 15 is 0 Å². The highest BCUT2D eigenvalue weighted by atomic mass is 35.5. The van der Waals surface area contributed by atoms with Crippen LogP contribution in [0.15, 0.2) is 21.1 Å². The highest BCUT2D eigenvalue weighted by molar-refractivity contribution is 6.31. The van der Waals surface area contributed by atoms with Gasteiger partial charge in [0.15, 0.2) is 0 Å². The van der Waals surface area contributed by atoms with Crippen LogP contribution >= 0.6 is 11.6 Å². The van der Waals surface area contributed by atoms with E-state index in [9.17, 15) is 0 Å². The van der Waals surface area contributed by atoms with Crippen LogP contribution in [0, 0.1) is 11.3 Å². The summed E-state index contributed by atoms with van der Waals surface area (Å²) in [7, 11) is 1.58. The molecule has 0 fully saturated rings. The van der Waals surface area contributed by atoms with Gasteiger partial charge in [0.05, 0.1) is 0 Å². The van der Waals surface area contributed by atoms with Gasteiger partial charge in [0.2, 0.25) is 0 Å². The molecule has 0 aromatic heterocycles. The van der Waals surface area contributed by atoms with E-state index in [0.29, 0.717) is 5.03 Å². The van der Waals surface area contributed by atoms with Crippen molar-refractivity contribution in [1.82, 2.24) is 0 Å². The molecule has 4 heteroatoms. The molecule has 0 saturated carbocycles. The molecule has 0 aliphatic rings. The summed E-state index contributed by atoms with van der Waals surface area (Å²) >= 11 is 5.51. The van der Waals surface area contributed by atoms with Crippen LogP contribution in [0.5, 0.6) is 0 Å². The predicted octanol–water partition coefficient (Wildman–Crippen LogP) is 1.75. The van der Waals surface area contributed by atoms with E-state index in [4.69, 9.17) is 16.9 Å². The Balaban J connectivity index is 4.45. The molecule has 0 atom stereocenters. The van der Waals surface area contributed by atoms with Crippen LogP contribution in [0.2, 0.25) is 0 Å². The Bertz CT molecular complexity index is 241. The number of halogens is 1. The Hall–Kier alpha value is -1.14. The molecule has 0 amide bonds. The number of hydrogen-bond acceptors (Lipinski definition) is 2. The third-order valence-electron chi connectivity index (χ3n) is 0.762. The van der Waals surface area contributed by atoms with E-state index in [2.05, 4.69) is 9.98 Å². The molecule has 11 heavy (non-hydrogen) atoms. The molecule has 0 aliphatic heterocycles. The molecule has 0 aromatic carbocycles. The molecule has 0 aromatic rings. The fourth-order valence-corrected chi connectivity index (χ4v) is 0.510. The maximum atomic E-state index is 8.46. The van der Waals surface area contributed by atoms with E-state index in [1.807, 2.05) is 6.07 Å². The van der Waals surface area contributed by atoms with Crippen molar-refractivity contribution >= 4 is 23.7 Å². The topological polar surface area (TPSA) is 48.5 Å². The minimum absolute atomic E-state index is 0.253. The lowest BCUT2D eigenvalue weighted by Crippen LogP contribution is -1.88. The van der Waals surface area contributed by atoms with Gasteiger partial charge in [0.1, 0.15) is 18.1 Å². The monoisotopic (exact) mass is 169 g/mol. The molecule has 0 heterocycles. The van der Waals surface area contributed by atoms with Gasteiger partial charge in [-0.05, 0) is 13.0 Å². The lowest BCUT2D eigenvalue weighted by Gasteiger charge is -1.84. The number of aliphatic imine (C=N–C) groups is 2. The van der Waals surface area contributed by atoms with Crippen molar-refractivity contribution in [3.05, 3.63) is 11.1 Å². The number of hydrogen-bond donors (Lipinski definition) is 0. The van der Waals surface area contributed by atoms with Crippen LogP contribution in [0.1, 0.15) is 6.92 Å². The molecule has 0 saturated heterocycles. The van der Waals surface area contributed by atoms with Gasteiger partial charge in [-0.15, -0.1) is 0 Å². The van der Waals surface area contributed by atoms with Crippen molar-refractivity contribution in [3.8, 4) is 6.07 Å². The Kier molecular flexibility index (Phi) is 5.05. The van der Waals surface area contributed by atoms with Crippen molar-refractivity contribution in [2.45, 2.75) is 6.92 Å². The minimum Gasteiger partial charge on any atom is -0.277 e. The summed E-state index contributed by atoms with van der Waals surface area (Å²) in [5.74, 6) is 0. The van der Waals surface area contributed by atoms with Gasteiger partial charge in [0.25, 0.3) is 0 Å². The van der Waals surface area contributed by atoms with Gasteiger partial charge in [-0.3, -0.25) is 4.99 Å². The summed E-state index contributed by atoms with van der Waals surface area (Å²) in [6, 6.07) is 1.87. The summed E-state index contributed by atoms with van der Waals surface area (Å²) in [5.41, 5.74) is 0.253. The molecule has 0 rings (SSSR count).